The minimum absolute atomic E-state index is 0.0950. The highest BCUT2D eigenvalue weighted by molar-refractivity contribution is 7.17. The summed E-state index contributed by atoms with van der Waals surface area (Å²) >= 11 is 7.34. The summed E-state index contributed by atoms with van der Waals surface area (Å²) in [7, 11) is -0.313. The number of aliphatic hydroxyl groups excluding tert-OH is 1. The van der Waals surface area contributed by atoms with Gasteiger partial charge in [0.2, 0.25) is 8.32 Å². The molecule has 4 rings (SSSR count). The van der Waals surface area contributed by atoms with Crippen LogP contribution in [0.3, 0.4) is 0 Å². The maximum absolute atomic E-state index is 13.4. The fourth-order valence-electron chi connectivity index (χ4n) is 6.47. The molecule has 0 saturated carbocycles. The van der Waals surface area contributed by atoms with Gasteiger partial charge in [0, 0.05) is 48.5 Å². The lowest BCUT2D eigenvalue weighted by atomic mass is 10.2. The third-order valence-electron chi connectivity index (χ3n) is 8.34. The summed E-state index contributed by atoms with van der Waals surface area (Å²) in [5.74, 6) is 0.438. The van der Waals surface area contributed by atoms with Gasteiger partial charge < -0.3 is 24.5 Å². The summed E-state index contributed by atoms with van der Waals surface area (Å²) in [6.45, 7) is 15.6. The van der Waals surface area contributed by atoms with Gasteiger partial charge in [-0.15, -0.1) is 11.3 Å². The molecule has 1 atom stereocenters. The number of aliphatic hydroxyl groups is 1. The molecule has 7 nitrogen and oxygen atoms in total. The number of amides is 1. The number of carbonyl (C=O) groups excluding carboxylic acids is 1. The van der Waals surface area contributed by atoms with Crippen molar-refractivity contribution in [2.45, 2.75) is 77.1 Å². The van der Waals surface area contributed by atoms with Crippen molar-refractivity contribution in [1.29, 1.82) is 0 Å². The summed E-state index contributed by atoms with van der Waals surface area (Å²) in [4.78, 5) is 20.8. The first-order valence-electron chi connectivity index (χ1n) is 14.8. The smallest absolute Gasteiger partial charge is 0.267 e. The molecule has 42 heavy (non-hydrogen) atoms. The zero-order chi connectivity index (χ0) is 30.6. The maximum atomic E-state index is 13.4. The Labute approximate surface area is 260 Å². The van der Waals surface area contributed by atoms with Crippen LogP contribution in [0.1, 0.15) is 63.3 Å². The van der Waals surface area contributed by atoms with E-state index in [1.54, 1.807) is 19.2 Å². The monoisotopic (exact) mass is 629 g/mol. The van der Waals surface area contributed by atoms with E-state index >= 15 is 0 Å². The molecule has 0 unspecified atom stereocenters. The van der Waals surface area contributed by atoms with Crippen LogP contribution in [-0.4, -0.2) is 57.2 Å². The Morgan fingerprint density at radius 3 is 2.38 bits per heavy atom. The van der Waals surface area contributed by atoms with Crippen LogP contribution in [0.25, 0.3) is 10.6 Å². The van der Waals surface area contributed by atoms with Crippen molar-refractivity contribution < 1.29 is 19.1 Å². The number of hydrogen-bond acceptors (Lipinski definition) is 7. The van der Waals surface area contributed by atoms with Gasteiger partial charge in [-0.05, 0) is 47.3 Å². The lowest BCUT2D eigenvalue weighted by Gasteiger charge is -2.44. The molecule has 2 aromatic carbocycles. The molecule has 228 valence electrons. The molecule has 0 spiro atoms. The highest BCUT2D eigenvalue weighted by atomic mass is 35.5. The van der Waals surface area contributed by atoms with E-state index < -0.39 is 8.32 Å². The molecular formula is C32H44ClN3O4SSi. The van der Waals surface area contributed by atoms with E-state index in [2.05, 4.69) is 56.7 Å². The number of methoxy groups -OCH3 is 1. The number of rotatable bonds is 12. The fourth-order valence-corrected chi connectivity index (χ4v) is 13.2. The normalized spacial score (nSPS) is 15.7. The van der Waals surface area contributed by atoms with Gasteiger partial charge >= 0.3 is 0 Å². The van der Waals surface area contributed by atoms with Crippen LogP contribution in [0.4, 0.5) is 11.4 Å². The number of ether oxygens (including phenoxy) is 1. The Balaban J connectivity index is 1.50. The van der Waals surface area contributed by atoms with Gasteiger partial charge in [-0.3, -0.25) is 4.79 Å². The van der Waals surface area contributed by atoms with Crippen molar-refractivity contribution in [1.82, 2.24) is 4.98 Å². The Bertz CT molecular complexity index is 1340. The number of carbonyl (C=O) groups is 1. The van der Waals surface area contributed by atoms with E-state index in [1.807, 2.05) is 30.3 Å². The molecule has 1 saturated heterocycles. The van der Waals surface area contributed by atoms with Crippen molar-refractivity contribution >= 4 is 48.5 Å². The second-order valence-electron chi connectivity index (χ2n) is 11.9. The molecule has 0 radical (unpaired) electrons. The van der Waals surface area contributed by atoms with Gasteiger partial charge in [0.05, 0.1) is 24.6 Å². The zero-order valence-corrected chi connectivity index (χ0v) is 28.3. The zero-order valence-electron chi connectivity index (χ0n) is 25.7. The molecule has 1 aliphatic rings. The van der Waals surface area contributed by atoms with E-state index in [1.165, 1.54) is 11.3 Å². The molecule has 2 heterocycles. The number of aromatic nitrogens is 1. The first-order valence-corrected chi connectivity index (χ1v) is 18.1. The Kier molecular flexibility index (Phi) is 10.8. The molecule has 3 aromatic rings. The number of halogens is 1. The van der Waals surface area contributed by atoms with Crippen LogP contribution < -0.4 is 15.0 Å². The van der Waals surface area contributed by atoms with E-state index in [9.17, 15) is 9.90 Å². The van der Waals surface area contributed by atoms with E-state index in [0.717, 1.165) is 30.8 Å². The summed E-state index contributed by atoms with van der Waals surface area (Å²) in [5, 5.41) is 13.9. The molecule has 10 heteroatoms. The SMILES string of the molecule is COc1cc(NC(=O)c2sc(-c3ccc(Cl)cc3)nc2CCO)ccc1N1CC[C@@H](O[Si](C(C)C)(C(C)C)C(C)C)C1. The number of anilines is 2. The van der Waals surface area contributed by atoms with Gasteiger partial charge in [0.1, 0.15) is 15.6 Å². The minimum Gasteiger partial charge on any atom is -0.495 e. The van der Waals surface area contributed by atoms with Crippen LogP contribution in [-0.2, 0) is 10.8 Å². The minimum atomic E-state index is -1.97. The first kappa shape index (κ1) is 32.5. The van der Waals surface area contributed by atoms with Crippen molar-refractivity contribution in [3.63, 3.8) is 0 Å². The summed E-state index contributed by atoms with van der Waals surface area (Å²) in [6, 6.07) is 13.1. The molecule has 1 amide bonds. The van der Waals surface area contributed by atoms with Gasteiger partial charge in [-0.2, -0.15) is 0 Å². The number of nitrogens with one attached hydrogen (secondary N) is 1. The third-order valence-corrected chi connectivity index (χ3v) is 15.9. The predicted molar refractivity (Wildman–Crippen MR) is 177 cm³/mol. The lowest BCUT2D eigenvalue weighted by Crippen LogP contribution is -2.50. The maximum Gasteiger partial charge on any atom is 0.267 e. The lowest BCUT2D eigenvalue weighted by molar-refractivity contribution is 0.102. The highest BCUT2D eigenvalue weighted by Gasteiger charge is 2.47. The molecule has 1 aromatic heterocycles. The number of nitrogens with zero attached hydrogens (tertiary/aromatic N) is 2. The molecule has 0 bridgehead atoms. The van der Waals surface area contributed by atoms with Gasteiger partial charge in [-0.25, -0.2) is 4.98 Å². The molecule has 1 aliphatic heterocycles. The Morgan fingerprint density at radius 1 is 1.12 bits per heavy atom. The summed E-state index contributed by atoms with van der Waals surface area (Å²) in [5.41, 5.74) is 4.70. The summed E-state index contributed by atoms with van der Waals surface area (Å²) < 4.78 is 12.9. The molecule has 2 N–H and O–H groups in total. The first-order chi connectivity index (χ1) is 20.0. The number of hydrogen-bond donors (Lipinski definition) is 2. The third kappa shape index (κ3) is 6.86. The topological polar surface area (TPSA) is 83.9 Å². The van der Waals surface area contributed by atoms with Gasteiger partial charge in [-0.1, -0.05) is 65.3 Å². The van der Waals surface area contributed by atoms with Crippen LogP contribution in [0, 0.1) is 0 Å². The Morgan fingerprint density at radius 2 is 1.79 bits per heavy atom. The summed E-state index contributed by atoms with van der Waals surface area (Å²) in [6.07, 6.45) is 1.47. The second kappa shape index (κ2) is 13.9. The van der Waals surface area contributed by atoms with E-state index in [0.29, 0.717) is 55.1 Å². The van der Waals surface area contributed by atoms with Crippen LogP contribution in [0.2, 0.25) is 21.6 Å². The predicted octanol–water partition coefficient (Wildman–Crippen LogP) is 8.03. The van der Waals surface area contributed by atoms with Crippen molar-refractivity contribution in [3.8, 4) is 16.3 Å². The average Bonchev–Trinajstić information content (AvgIpc) is 3.59. The average molecular weight is 630 g/mol. The standard InChI is InChI=1S/C32H44ClN3O4SSi/c1-20(2)42(21(3)4,22(5)6)40-26-14-16-36(19-26)28-13-12-25(18-29(28)39-7)34-31(38)30-27(15-17-37)35-32(41-30)23-8-10-24(33)11-9-23/h8-13,18,20-22,26,37H,14-17,19H2,1-7H3,(H,34,38)/t26-/m1/s1. The van der Waals surface area contributed by atoms with E-state index in [4.69, 9.17) is 20.8 Å². The Hall–Kier alpha value is -2.43. The molecular weight excluding hydrogens is 586 g/mol. The fraction of sp³-hybridized carbons (Fsp3) is 0.500. The highest BCUT2D eigenvalue weighted by Crippen LogP contribution is 2.44. The van der Waals surface area contributed by atoms with Crippen LogP contribution in [0.5, 0.6) is 5.75 Å². The second-order valence-corrected chi connectivity index (χ2v) is 18.8. The molecule has 1 fully saturated rings. The van der Waals surface area contributed by atoms with Crippen molar-refractivity contribution in [3.05, 3.63) is 58.1 Å². The molecule has 0 aliphatic carbocycles. The van der Waals surface area contributed by atoms with E-state index in [-0.39, 0.29) is 18.6 Å². The van der Waals surface area contributed by atoms with Crippen molar-refractivity contribution in [2.75, 3.05) is 37.0 Å². The number of thiazole rings is 1. The quantitative estimate of drug-likeness (QED) is 0.197. The van der Waals surface area contributed by atoms with Gasteiger partial charge in [0.25, 0.3) is 5.91 Å². The largest absolute Gasteiger partial charge is 0.495 e. The van der Waals surface area contributed by atoms with Crippen molar-refractivity contribution in [2.24, 2.45) is 0 Å². The van der Waals surface area contributed by atoms with Gasteiger partial charge in [0.15, 0.2) is 0 Å². The van der Waals surface area contributed by atoms with Crippen LogP contribution in [0.15, 0.2) is 42.5 Å². The number of benzene rings is 2. The van der Waals surface area contributed by atoms with Crippen LogP contribution >= 0.6 is 22.9 Å².